The van der Waals surface area contributed by atoms with E-state index >= 15 is 0 Å². The molecule has 0 aliphatic carbocycles. The van der Waals surface area contributed by atoms with E-state index in [0.717, 1.165) is 21.6 Å². The van der Waals surface area contributed by atoms with E-state index in [-0.39, 0.29) is 24.0 Å². The highest BCUT2D eigenvalue weighted by molar-refractivity contribution is 8.00. The van der Waals surface area contributed by atoms with Crippen LogP contribution in [0, 0.1) is 6.92 Å². The molecule has 11 heteroatoms. The lowest BCUT2D eigenvalue weighted by Crippen LogP contribution is -2.30. The molecule has 282 valence electrons. The van der Waals surface area contributed by atoms with Crippen molar-refractivity contribution in [3.8, 4) is 16.9 Å². The van der Waals surface area contributed by atoms with E-state index in [9.17, 15) is 19.2 Å². The van der Waals surface area contributed by atoms with Gasteiger partial charge in [-0.25, -0.2) is 4.79 Å². The zero-order valence-corrected chi connectivity index (χ0v) is 32.4. The molecule has 0 saturated carbocycles. The highest BCUT2D eigenvalue weighted by atomic mass is 32.2. The summed E-state index contributed by atoms with van der Waals surface area (Å²) in [6, 6.07) is 40.6. The fraction of sp³-hybridized carbons (Fsp3) is 0.111. The summed E-state index contributed by atoms with van der Waals surface area (Å²) >= 11 is 2.54. The van der Waals surface area contributed by atoms with Crippen LogP contribution in [0.2, 0.25) is 0 Å². The number of thiophene rings is 1. The zero-order chi connectivity index (χ0) is 39.3. The number of benzene rings is 5. The first-order valence-corrected chi connectivity index (χ1v) is 19.7. The van der Waals surface area contributed by atoms with Gasteiger partial charge >= 0.3 is 5.97 Å². The molecule has 0 unspecified atom stereocenters. The number of nitrogens with one attached hydrogen (secondary N) is 3. The Morgan fingerprint density at radius 1 is 0.786 bits per heavy atom. The molecule has 1 heterocycles. The number of anilines is 2. The summed E-state index contributed by atoms with van der Waals surface area (Å²) in [5, 5.41) is 10.8. The number of carbonyl (C=O) groups excluding carboxylic acids is 4. The molecule has 5 aromatic carbocycles. The molecule has 1 aromatic heterocycles. The van der Waals surface area contributed by atoms with Crippen molar-refractivity contribution in [3.05, 3.63) is 172 Å². The van der Waals surface area contributed by atoms with Crippen molar-refractivity contribution < 1.29 is 28.7 Å². The van der Waals surface area contributed by atoms with Crippen LogP contribution in [0.15, 0.2) is 149 Å². The number of ether oxygens (including phenoxy) is 2. The molecule has 3 amide bonds. The summed E-state index contributed by atoms with van der Waals surface area (Å²) in [7, 11) is 0. The summed E-state index contributed by atoms with van der Waals surface area (Å²) in [6.07, 6.45) is 1.60. The van der Waals surface area contributed by atoms with Gasteiger partial charge in [0.25, 0.3) is 11.8 Å². The summed E-state index contributed by atoms with van der Waals surface area (Å²) in [4.78, 5) is 53.8. The average molecular weight is 782 g/mol. The van der Waals surface area contributed by atoms with Gasteiger partial charge < -0.3 is 25.4 Å². The van der Waals surface area contributed by atoms with E-state index < -0.39 is 17.8 Å². The van der Waals surface area contributed by atoms with Crippen molar-refractivity contribution in [2.45, 2.75) is 25.3 Å². The summed E-state index contributed by atoms with van der Waals surface area (Å²) < 4.78 is 11.2. The van der Waals surface area contributed by atoms with Crippen LogP contribution >= 0.6 is 23.1 Å². The Balaban J connectivity index is 1.12. The summed E-state index contributed by atoms with van der Waals surface area (Å²) in [5.74, 6) is -1.08. The third-order valence-electron chi connectivity index (χ3n) is 8.32. The smallest absolute Gasteiger partial charge is 0.341 e. The Bertz CT molecular complexity index is 2320. The maximum Gasteiger partial charge on any atom is 0.341 e. The Labute approximate surface area is 333 Å². The van der Waals surface area contributed by atoms with E-state index in [4.69, 9.17) is 9.47 Å². The molecule has 3 N–H and O–H groups in total. The van der Waals surface area contributed by atoms with Crippen LogP contribution in [0.1, 0.15) is 44.3 Å². The number of aryl methyl sites for hydroxylation is 1. The minimum Gasteiger partial charge on any atom is -0.489 e. The van der Waals surface area contributed by atoms with Crippen LogP contribution in [-0.4, -0.2) is 36.1 Å². The molecule has 9 nitrogen and oxygen atoms in total. The normalized spacial score (nSPS) is 11.0. The SMILES string of the molecule is CCOC(=O)c1c(-c2ccc(C)cc2)csc1NC(=O)CSc1cccc(NC(=O)/C(=C/c2ccc(OCc3ccccc3)cc2)NC(=O)c2ccccc2)c1. The first kappa shape index (κ1) is 39.3. The molecule has 0 fully saturated rings. The minimum absolute atomic E-state index is 0.0348. The maximum absolute atomic E-state index is 13.7. The standard InChI is InChI=1S/C45H39N3O6S2/c1-3-53-45(52)41-38(33-21-17-30(2)18-22-33)28-56-44(41)48-40(49)29-55-37-16-10-15-35(26-37)46-43(51)39(47-42(50)34-13-8-5-9-14-34)25-31-19-23-36(24-20-31)54-27-32-11-6-4-7-12-32/h4-26,28H,3,27,29H2,1-2H3,(H,46,51)(H,47,50)(H,48,49)/b39-25-. The van der Waals surface area contributed by atoms with Crippen molar-refractivity contribution in [1.29, 1.82) is 0 Å². The van der Waals surface area contributed by atoms with Crippen molar-refractivity contribution in [1.82, 2.24) is 5.32 Å². The van der Waals surface area contributed by atoms with Crippen LogP contribution in [0.4, 0.5) is 10.7 Å². The van der Waals surface area contributed by atoms with Gasteiger partial charge in [-0.3, -0.25) is 14.4 Å². The van der Waals surface area contributed by atoms with Crippen molar-refractivity contribution in [2.24, 2.45) is 0 Å². The van der Waals surface area contributed by atoms with Gasteiger partial charge in [-0.2, -0.15) is 0 Å². The predicted octanol–water partition coefficient (Wildman–Crippen LogP) is 9.62. The number of thioether (sulfide) groups is 1. The highest BCUT2D eigenvalue weighted by Gasteiger charge is 2.23. The third kappa shape index (κ3) is 10.8. The predicted molar refractivity (Wildman–Crippen MR) is 224 cm³/mol. The fourth-order valence-electron chi connectivity index (χ4n) is 5.49. The molecule has 6 aromatic rings. The number of hydrogen-bond donors (Lipinski definition) is 3. The van der Waals surface area contributed by atoms with E-state index in [0.29, 0.717) is 45.3 Å². The van der Waals surface area contributed by atoms with Crippen molar-refractivity contribution in [2.75, 3.05) is 23.0 Å². The van der Waals surface area contributed by atoms with Gasteiger partial charge in [-0.15, -0.1) is 23.1 Å². The molecule has 0 aliphatic rings. The lowest BCUT2D eigenvalue weighted by atomic mass is 10.0. The monoisotopic (exact) mass is 781 g/mol. The summed E-state index contributed by atoms with van der Waals surface area (Å²) in [5.41, 5.74) is 5.57. The molecule has 6 rings (SSSR count). The van der Waals surface area contributed by atoms with E-state index in [1.165, 1.54) is 23.1 Å². The molecule has 56 heavy (non-hydrogen) atoms. The first-order valence-electron chi connectivity index (χ1n) is 17.8. The molecular formula is C45H39N3O6S2. The number of esters is 1. The number of carbonyl (C=O) groups is 4. The average Bonchev–Trinajstić information content (AvgIpc) is 3.64. The van der Waals surface area contributed by atoms with E-state index in [1.807, 2.05) is 79.0 Å². The van der Waals surface area contributed by atoms with Gasteiger partial charge in [-0.05, 0) is 79.1 Å². The quantitative estimate of drug-likeness (QED) is 0.0539. The van der Waals surface area contributed by atoms with Crippen molar-refractivity contribution >= 4 is 63.6 Å². The van der Waals surface area contributed by atoms with Crippen LogP contribution in [0.5, 0.6) is 5.75 Å². The Morgan fingerprint density at radius 3 is 2.21 bits per heavy atom. The highest BCUT2D eigenvalue weighted by Crippen LogP contribution is 2.36. The van der Waals surface area contributed by atoms with Gasteiger partial charge in [0.05, 0.1) is 12.4 Å². The van der Waals surface area contributed by atoms with E-state index in [1.54, 1.807) is 79.7 Å². The Morgan fingerprint density at radius 2 is 1.50 bits per heavy atom. The van der Waals surface area contributed by atoms with Gasteiger partial charge in [0, 0.05) is 27.1 Å². The van der Waals surface area contributed by atoms with Crippen LogP contribution in [0.3, 0.4) is 0 Å². The number of amides is 3. The van der Waals surface area contributed by atoms with Gasteiger partial charge in [0.1, 0.15) is 28.6 Å². The largest absolute Gasteiger partial charge is 0.489 e. The first-order chi connectivity index (χ1) is 27.2. The van der Waals surface area contributed by atoms with Crippen LogP contribution in [0.25, 0.3) is 17.2 Å². The Hall–Kier alpha value is -6.43. The number of hydrogen-bond acceptors (Lipinski definition) is 8. The number of rotatable bonds is 15. The lowest BCUT2D eigenvalue weighted by Gasteiger charge is -2.13. The second-order valence-corrected chi connectivity index (χ2v) is 14.4. The minimum atomic E-state index is -0.535. The molecule has 0 radical (unpaired) electrons. The molecule has 0 spiro atoms. The van der Waals surface area contributed by atoms with Crippen LogP contribution < -0.4 is 20.7 Å². The molecular weight excluding hydrogens is 743 g/mol. The van der Waals surface area contributed by atoms with Crippen molar-refractivity contribution in [3.63, 3.8) is 0 Å². The third-order valence-corrected chi connectivity index (χ3v) is 10.2. The second kappa shape index (κ2) is 19.2. The van der Waals surface area contributed by atoms with Gasteiger partial charge in [0.2, 0.25) is 5.91 Å². The maximum atomic E-state index is 13.7. The molecule has 0 saturated heterocycles. The topological polar surface area (TPSA) is 123 Å². The Kier molecular flexibility index (Phi) is 13.5. The molecule has 0 atom stereocenters. The lowest BCUT2D eigenvalue weighted by molar-refractivity contribution is -0.114. The van der Waals surface area contributed by atoms with E-state index in [2.05, 4.69) is 16.0 Å². The molecule has 0 bridgehead atoms. The fourth-order valence-corrected chi connectivity index (χ4v) is 7.21. The van der Waals surface area contributed by atoms with Gasteiger partial charge in [-0.1, -0.05) is 96.6 Å². The van der Waals surface area contributed by atoms with Crippen LogP contribution in [-0.2, 0) is 20.9 Å². The summed E-state index contributed by atoms with van der Waals surface area (Å²) in [6.45, 7) is 4.34. The van der Waals surface area contributed by atoms with Gasteiger partial charge in [0.15, 0.2) is 0 Å². The second-order valence-electron chi connectivity index (χ2n) is 12.5. The molecule has 0 aliphatic heterocycles. The zero-order valence-electron chi connectivity index (χ0n) is 30.7.